The van der Waals surface area contributed by atoms with E-state index in [4.69, 9.17) is 4.74 Å². The van der Waals surface area contributed by atoms with Crippen LogP contribution >= 0.6 is 0 Å². The van der Waals surface area contributed by atoms with Crippen LogP contribution in [0.25, 0.3) is 10.9 Å². The van der Waals surface area contributed by atoms with E-state index in [1.807, 2.05) is 0 Å². The van der Waals surface area contributed by atoms with Crippen LogP contribution in [-0.4, -0.2) is 27.7 Å². The van der Waals surface area contributed by atoms with Gasteiger partial charge in [-0.3, -0.25) is 9.36 Å². The smallest absolute Gasteiger partial charge is 0.329 e. The Hall–Kier alpha value is -3.15. The molecule has 0 unspecified atom stereocenters. The lowest BCUT2D eigenvalue weighted by Crippen LogP contribution is -2.32. The second-order valence-electron chi connectivity index (χ2n) is 5.38. The molecule has 0 spiro atoms. The fourth-order valence-corrected chi connectivity index (χ4v) is 2.59. The van der Waals surface area contributed by atoms with Gasteiger partial charge in [0.05, 0.1) is 24.3 Å². The first-order chi connectivity index (χ1) is 11.6. The second kappa shape index (κ2) is 6.54. The van der Waals surface area contributed by atoms with E-state index in [0.29, 0.717) is 10.9 Å². The van der Waals surface area contributed by atoms with Crippen LogP contribution in [-0.2, 0) is 16.0 Å². The fourth-order valence-electron chi connectivity index (χ4n) is 2.59. The van der Waals surface area contributed by atoms with Gasteiger partial charge in [-0.05, 0) is 29.8 Å². The number of rotatable bonds is 4. The lowest BCUT2D eigenvalue weighted by Gasteiger charge is -2.17. The van der Waals surface area contributed by atoms with Crippen LogP contribution in [0.4, 0.5) is 0 Å². The molecule has 2 aromatic carbocycles. The van der Waals surface area contributed by atoms with E-state index in [2.05, 4.69) is 4.98 Å². The van der Waals surface area contributed by atoms with Crippen molar-refractivity contribution in [3.8, 4) is 5.75 Å². The summed E-state index contributed by atoms with van der Waals surface area (Å²) in [6.07, 6.45) is 1.62. The molecule has 0 amide bonds. The summed E-state index contributed by atoms with van der Waals surface area (Å²) in [6.45, 7) is 0. The molecule has 6 nitrogen and oxygen atoms in total. The molecule has 0 saturated heterocycles. The highest BCUT2D eigenvalue weighted by Gasteiger charge is 2.23. The molecule has 0 saturated carbocycles. The molecule has 0 bridgehead atoms. The molecule has 0 fully saturated rings. The quantitative estimate of drug-likeness (QED) is 0.743. The number of phenolic OH excluding ortho intramolecular Hbond substituents is 1. The summed E-state index contributed by atoms with van der Waals surface area (Å²) in [4.78, 5) is 29.2. The lowest BCUT2D eigenvalue weighted by molar-refractivity contribution is -0.144. The van der Waals surface area contributed by atoms with E-state index in [1.165, 1.54) is 30.1 Å². The van der Waals surface area contributed by atoms with Gasteiger partial charge < -0.3 is 9.84 Å². The number of methoxy groups -OCH3 is 1. The number of fused-ring (bicyclic) bond motifs is 1. The van der Waals surface area contributed by atoms with Crippen molar-refractivity contribution in [3.05, 3.63) is 70.8 Å². The van der Waals surface area contributed by atoms with Crippen molar-refractivity contribution in [2.24, 2.45) is 0 Å². The molecule has 6 heteroatoms. The largest absolute Gasteiger partial charge is 0.508 e. The van der Waals surface area contributed by atoms with Crippen molar-refractivity contribution < 1.29 is 14.6 Å². The number of nitrogens with zero attached hydrogens (tertiary/aromatic N) is 2. The SMILES string of the molecule is COC(=O)[C@@H](Cc1ccc(O)cc1)n1cnc2ccccc2c1=O. The van der Waals surface area contributed by atoms with Crippen LogP contribution in [0.5, 0.6) is 5.75 Å². The summed E-state index contributed by atoms with van der Waals surface area (Å²) in [5.41, 5.74) is 1.07. The number of carbonyl (C=O) groups excluding carboxylic acids is 1. The topological polar surface area (TPSA) is 81.4 Å². The maximum Gasteiger partial charge on any atom is 0.329 e. The van der Waals surface area contributed by atoms with Crippen LogP contribution < -0.4 is 5.56 Å². The third-order valence-electron chi connectivity index (χ3n) is 3.86. The monoisotopic (exact) mass is 324 g/mol. The standard InChI is InChI=1S/C18H16N2O4/c1-24-18(23)16(10-12-6-8-13(21)9-7-12)20-11-19-15-5-3-2-4-14(15)17(20)22/h2-9,11,16,21H,10H2,1H3/t16-/m1/s1. The van der Waals surface area contributed by atoms with Crippen LogP contribution in [0.1, 0.15) is 11.6 Å². The van der Waals surface area contributed by atoms with E-state index in [0.717, 1.165) is 5.56 Å². The summed E-state index contributed by atoms with van der Waals surface area (Å²) < 4.78 is 6.15. The number of esters is 1. The molecule has 0 radical (unpaired) electrons. The highest BCUT2D eigenvalue weighted by Crippen LogP contribution is 2.18. The first kappa shape index (κ1) is 15.7. The minimum absolute atomic E-state index is 0.137. The van der Waals surface area contributed by atoms with E-state index < -0.39 is 12.0 Å². The highest BCUT2D eigenvalue weighted by atomic mass is 16.5. The lowest BCUT2D eigenvalue weighted by atomic mass is 10.1. The predicted molar refractivity (Wildman–Crippen MR) is 88.9 cm³/mol. The second-order valence-corrected chi connectivity index (χ2v) is 5.38. The minimum Gasteiger partial charge on any atom is -0.508 e. The zero-order valence-electron chi connectivity index (χ0n) is 13.0. The van der Waals surface area contributed by atoms with Gasteiger partial charge in [0.2, 0.25) is 0 Å². The van der Waals surface area contributed by atoms with Gasteiger partial charge >= 0.3 is 5.97 Å². The number of para-hydroxylation sites is 1. The Morgan fingerprint density at radius 2 is 1.92 bits per heavy atom. The number of hydrogen-bond donors (Lipinski definition) is 1. The number of hydrogen-bond acceptors (Lipinski definition) is 5. The molecular formula is C18H16N2O4. The Kier molecular flexibility index (Phi) is 4.29. The third kappa shape index (κ3) is 2.99. The maximum absolute atomic E-state index is 12.7. The Bertz CT molecular complexity index is 932. The number of ether oxygens (including phenoxy) is 1. The minimum atomic E-state index is -0.829. The molecular weight excluding hydrogens is 308 g/mol. The number of benzene rings is 2. The summed E-state index contributed by atoms with van der Waals surface area (Å²) >= 11 is 0. The van der Waals surface area contributed by atoms with Gasteiger partial charge in [0.1, 0.15) is 11.8 Å². The van der Waals surface area contributed by atoms with Gasteiger partial charge in [-0.15, -0.1) is 0 Å². The number of aromatic hydroxyl groups is 1. The normalized spacial score (nSPS) is 12.0. The molecule has 0 aliphatic rings. The van der Waals surface area contributed by atoms with Gasteiger partial charge in [0, 0.05) is 6.42 Å². The van der Waals surface area contributed by atoms with E-state index >= 15 is 0 Å². The fraction of sp³-hybridized carbons (Fsp3) is 0.167. The number of carbonyl (C=O) groups is 1. The summed E-state index contributed by atoms with van der Waals surface area (Å²) in [6, 6.07) is 12.6. The van der Waals surface area contributed by atoms with Gasteiger partial charge in [-0.1, -0.05) is 24.3 Å². The number of phenols is 1. The van der Waals surface area contributed by atoms with Crippen LogP contribution in [0.2, 0.25) is 0 Å². The molecule has 1 atom stereocenters. The van der Waals surface area contributed by atoms with Gasteiger partial charge in [0.25, 0.3) is 5.56 Å². The van der Waals surface area contributed by atoms with E-state index in [1.54, 1.807) is 36.4 Å². The molecule has 3 rings (SSSR count). The summed E-state index contributed by atoms with van der Waals surface area (Å²) in [5, 5.41) is 9.81. The molecule has 122 valence electrons. The summed E-state index contributed by atoms with van der Waals surface area (Å²) in [5.74, 6) is -0.389. The van der Waals surface area contributed by atoms with Gasteiger partial charge in [-0.25, -0.2) is 9.78 Å². The van der Waals surface area contributed by atoms with Crippen molar-refractivity contribution >= 4 is 16.9 Å². The van der Waals surface area contributed by atoms with Crippen molar-refractivity contribution in [3.63, 3.8) is 0 Å². The highest BCUT2D eigenvalue weighted by molar-refractivity contribution is 5.78. The molecule has 0 aliphatic carbocycles. The van der Waals surface area contributed by atoms with Crippen molar-refractivity contribution in [2.45, 2.75) is 12.5 Å². The van der Waals surface area contributed by atoms with Crippen LogP contribution in [0, 0.1) is 0 Å². The van der Waals surface area contributed by atoms with E-state index in [-0.39, 0.29) is 17.7 Å². The van der Waals surface area contributed by atoms with Crippen molar-refractivity contribution in [1.82, 2.24) is 9.55 Å². The zero-order valence-corrected chi connectivity index (χ0v) is 13.0. The molecule has 1 heterocycles. The molecule has 0 aliphatic heterocycles. The Labute approximate surface area is 138 Å². The Morgan fingerprint density at radius 3 is 2.62 bits per heavy atom. The first-order valence-corrected chi connectivity index (χ1v) is 7.42. The van der Waals surface area contributed by atoms with Crippen molar-refractivity contribution in [2.75, 3.05) is 7.11 Å². The summed E-state index contributed by atoms with van der Waals surface area (Å²) in [7, 11) is 1.28. The maximum atomic E-state index is 12.7. The predicted octanol–water partition coefficient (Wildman–Crippen LogP) is 2.06. The number of aromatic nitrogens is 2. The Balaban J connectivity index is 2.06. The van der Waals surface area contributed by atoms with Crippen LogP contribution in [0.15, 0.2) is 59.7 Å². The average Bonchev–Trinajstić information content (AvgIpc) is 2.62. The van der Waals surface area contributed by atoms with Crippen LogP contribution in [0.3, 0.4) is 0 Å². The molecule has 1 aromatic heterocycles. The van der Waals surface area contributed by atoms with Gasteiger partial charge in [0.15, 0.2) is 0 Å². The van der Waals surface area contributed by atoms with Gasteiger partial charge in [-0.2, -0.15) is 0 Å². The zero-order chi connectivity index (χ0) is 17.1. The average molecular weight is 324 g/mol. The molecule has 24 heavy (non-hydrogen) atoms. The molecule has 1 N–H and O–H groups in total. The van der Waals surface area contributed by atoms with E-state index in [9.17, 15) is 14.7 Å². The first-order valence-electron chi connectivity index (χ1n) is 7.42. The van der Waals surface area contributed by atoms with Crippen molar-refractivity contribution in [1.29, 1.82) is 0 Å². The third-order valence-corrected chi connectivity index (χ3v) is 3.86. The molecule has 3 aromatic rings. The Morgan fingerprint density at radius 1 is 1.21 bits per heavy atom.